The molecule has 5 rings (SSSR count). The highest BCUT2D eigenvalue weighted by Gasteiger charge is 2.41. The number of anilines is 4. The largest absolute Gasteiger partial charge is 0.416 e. The molecule has 5 amide bonds. The van der Waals surface area contributed by atoms with Crippen molar-refractivity contribution in [3.05, 3.63) is 102 Å². The number of hydrogen-bond acceptors (Lipinski definition) is 4. The summed E-state index contributed by atoms with van der Waals surface area (Å²) in [5.41, 5.74) is 0.361. The molecule has 0 saturated carbocycles. The average Bonchev–Trinajstić information content (AvgIpc) is 3.34. The Bertz CT molecular complexity index is 1620. The van der Waals surface area contributed by atoms with E-state index in [2.05, 4.69) is 10.3 Å². The molecule has 4 aromatic rings. The maximum atomic E-state index is 14.2. The van der Waals surface area contributed by atoms with Gasteiger partial charge in [-0.2, -0.15) is 13.2 Å². The van der Waals surface area contributed by atoms with Crippen molar-refractivity contribution in [3.8, 4) is 0 Å². The zero-order valence-electron chi connectivity index (χ0n) is 22.1. The number of benzene rings is 3. The van der Waals surface area contributed by atoms with E-state index in [4.69, 9.17) is 0 Å². The molecule has 210 valence electrons. The molecule has 1 aliphatic rings. The molecule has 1 aliphatic heterocycles. The normalized spacial score (nSPS) is 13.7. The number of alkyl halides is 3. The molecule has 0 spiro atoms. The lowest BCUT2D eigenvalue weighted by atomic mass is 10.1. The Hall–Kier alpha value is -5.13. The summed E-state index contributed by atoms with van der Waals surface area (Å²) in [6, 6.07) is 15.3. The van der Waals surface area contributed by atoms with Gasteiger partial charge in [0.15, 0.2) is 0 Å². The molecule has 1 N–H and O–H groups in total. The van der Waals surface area contributed by atoms with Gasteiger partial charge in [-0.15, -0.1) is 0 Å². The quantitative estimate of drug-likeness (QED) is 0.308. The molecule has 0 unspecified atom stereocenters. The van der Waals surface area contributed by atoms with E-state index in [1.54, 1.807) is 61.4 Å². The number of carbonyl (C=O) groups is 3. The maximum Gasteiger partial charge on any atom is 0.416 e. The molecule has 0 atom stereocenters. The first-order chi connectivity index (χ1) is 19.6. The molecule has 0 bridgehead atoms. The van der Waals surface area contributed by atoms with Crippen molar-refractivity contribution in [1.82, 2.24) is 14.9 Å². The van der Waals surface area contributed by atoms with Crippen LogP contribution in [0.5, 0.6) is 0 Å². The van der Waals surface area contributed by atoms with E-state index in [-0.39, 0.29) is 41.4 Å². The van der Waals surface area contributed by atoms with Crippen LogP contribution in [0.15, 0.2) is 85.3 Å². The summed E-state index contributed by atoms with van der Waals surface area (Å²) in [5, 5.41) is 2.78. The molecule has 0 radical (unpaired) electrons. The molecule has 12 heteroatoms. The summed E-state index contributed by atoms with van der Waals surface area (Å²) in [5.74, 6) is -0.451. The van der Waals surface area contributed by atoms with Crippen molar-refractivity contribution in [2.45, 2.75) is 19.6 Å². The van der Waals surface area contributed by atoms with E-state index in [1.807, 2.05) is 0 Å². The summed E-state index contributed by atoms with van der Waals surface area (Å²) in [6.45, 7) is 1.92. The number of nitrogens with zero attached hydrogens (tertiary/aromatic N) is 5. The number of para-hydroxylation sites is 1. The first kappa shape index (κ1) is 27.4. The Morgan fingerprint density at radius 1 is 0.878 bits per heavy atom. The highest BCUT2D eigenvalue weighted by Crippen LogP contribution is 2.43. The minimum absolute atomic E-state index is 0.0640. The van der Waals surface area contributed by atoms with Crippen LogP contribution in [0.2, 0.25) is 0 Å². The van der Waals surface area contributed by atoms with Crippen molar-refractivity contribution >= 4 is 40.7 Å². The number of aryl methyl sites for hydroxylation is 1. The van der Waals surface area contributed by atoms with Gasteiger partial charge in [-0.05, 0) is 55.5 Å². The Morgan fingerprint density at radius 2 is 1.61 bits per heavy atom. The number of aromatic nitrogens is 2. The van der Waals surface area contributed by atoms with Crippen molar-refractivity contribution in [2.75, 3.05) is 21.2 Å². The zero-order chi connectivity index (χ0) is 29.3. The van der Waals surface area contributed by atoms with E-state index in [0.29, 0.717) is 0 Å². The first-order valence-corrected chi connectivity index (χ1v) is 12.7. The third kappa shape index (κ3) is 5.23. The lowest BCUT2D eigenvalue weighted by Crippen LogP contribution is -2.48. The van der Waals surface area contributed by atoms with Gasteiger partial charge in [-0.3, -0.25) is 14.6 Å². The van der Waals surface area contributed by atoms with Crippen LogP contribution in [0.3, 0.4) is 0 Å². The van der Waals surface area contributed by atoms with Gasteiger partial charge in [0.05, 0.1) is 46.9 Å². The fourth-order valence-electron chi connectivity index (χ4n) is 4.58. The molecule has 0 aliphatic carbocycles. The van der Waals surface area contributed by atoms with Gasteiger partial charge in [0, 0.05) is 25.4 Å². The monoisotopic (exact) mass is 562 g/mol. The molecule has 3 aromatic carbocycles. The molecule has 0 fully saturated rings. The van der Waals surface area contributed by atoms with Crippen LogP contribution in [-0.4, -0.2) is 34.1 Å². The molecular formula is C29H25F3N6O3. The van der Waals surface area contributed by atoms with Gasteiger partial charge in [0.1, 0.15) is 0 Å². The summed E-state index contributed by atoms with van der Waals surface area (Å²) in [7, 11) is 1.79. The van der Waals surface area contributed by atoms with Crippen LogP contribution in [0, 0.1) is 0 Å². The number of carbonyl (C=O) groups excluding carboxylic acids is 3. The Morgan fingerprint density at radius 3 is 2.27 bits per heavy atom. The number of imide groups is 1. The van der Waals surface area contributed by atoms with E-state index in [1.165, 1.54) is 35.2 Å². The van der Waals surface area contributed by atoms with E-state index >= 15 is 0 Å². The minimum atomic E-state index is -4.68. The Kier molecular flexibility index (Phi) is 7.22. The number of nitrogens with one attached hydrogen (secondary N) is 1. The Labute approximate surface area is 233 Å². The standard InChI is InChI=1S/C29H25F3N6O3/c1-3-36-24-13-12-20(29(30,31)32)15-25(24)37(21-9-5-4-6-10-21)28(41)38(27(36)40)22-11-7-8-19(14-22)26(39)34-17-23-16-33-18-35(23)2/h4-16,18H,3,17H2,1-2H3,(H,34,39). The van der Waals surface area contributed by atoms with Crippen LogP contribution < -0.4 is 20.0 Å². The van der Waals surface area contributed by atoms with E-state index < -0.39 is 29.7 Å². The van der Waals surface area contributed by atoms with Crippen molar-refractivity contribution in [1.29, 1.82) is 0 Å². The number of halogens is 3. The van der Waals surface area contributed by atoms with Gasteiger partial charge in [0.2, 0.25) is 0 Å². The smallest absolute Gasteiger partial charge is 0.346 e. The van der Waals surface area contributed by atoms with Crippen molar-refractivity contribution in [3.63, 3.8) is 0 Å². The topological polar surface area (TPSA) is 90.8 Å². The summed E-state index contributed by atoms with van der Waals surface area (Å²) >= 11 is 0. The number of amides is 5. The second kappa shape index (κ2) is 10.8. The molecule has 41 heavy (non-hydrogen) atoms. The molecule has 2 heterocycles. The van der Waals surface area contributed by atoms with Gasteiger partial charge in [0.25, 0.3) is 5.91 Å². The third-order valence-electron chi connectivity index (χ3n) is 6.68. The predicted octanol–water partition coefficient (Wildman–Crippen LogP) is 6.09. The summed E-state index contributed by atoms with van der Waals surface area (Å²) < 4.78 is 43.0. The van der Waals surface area contributed by atoms with Crippen LogP contribution in [-0.2, 0) is 19.8 Å². The zero-order valence-corrected chi connectivity index (χ0v) is 22.1. The lowest BCUT2D eigenvalue weighted by Gasteiger charge is -2.27. The van der Waals surface area contributed by atoms with E-state index in [0.717, 1.165) is 27.6 Å². The number of rotatable bonds is 6. The molecule has 9 nitrogen and oxygen atoms in total. The maximum absolute atomic E-state index is 14.2. The van der Waals surface area contributed by atoms with Crippen LogP contribution in [0.4, 0.5) is 45.5 Å². The number of urea groups is 2. The number of imidazole rings is 1. The Balaban J connectivity index is 1.59. The molecule has 1 aromatic heterocycles. The highest BCUT2D eigenvalue weighted by atomic mass is 19.4. The SMILES string of the molecule is CCN1C(=O)N(c2cccc(C(=O)NCc3cncn3C)c2)C(=O)N(c2ccccc2)c2cc(C(F)(F)F)ccc21. The second-order valence-electron chi connectivity index (χ2n) is 9.25. The molecular weight excluding hydrogens is 537 g/mol. The highest BCUT2D eigenvalue weighted by molar-refractivity contribution is 6.28. The first-order valence-electron chi connectivity index (χ1n) is 12.7. The number of fused-ring (bicyclic) bond motifs is 1. The van der Waals surface area contributed by atoms with Gasteiger partial charge in [-0.1, -0.05) is 24.3 Å². The van der Waals surface area contributed by atoms with Gasteiger partial charge < -0.3 is 9.88 Å². The van der Waals surface area contributed by atoms with E-state index in [9.17, 15) is 27.6 Å². The van der Waals surface area contributed by atoms with Gasteiger partial charge in [-0.25, -0.2) is 19.5 Å². The van der Waals surface area contributed by atoms with Crippen LogP contribution >= 0.6 is 0 Å². The summed E-state index contributed by atoms with van der Waals surface area (Å²) in [6.07, 6.45) is -1.46. The fraction of sp³-hybridized carbons (Fsp3) is 0.172. The third-order valence-corrected chi connectivity index (χ3v) is 6.68. The van der Waals surface area contributed by atoms with Crippen LogP contribution in [0.25, 0.3) is 0 Å². The molecule has 0 saturated heterocycles. The predicted molar refractivity (Wildman–Crippen MR) is 147 cm³/mol. The second-order valence-corrected chi connectivity index (χ2v) is 9.25. The summed E-state index contributed by atoms with van der Waals surface area (Å²) in [4.78, 5) is 48.2. The lowest BCUT2D eigenvalue weighted by molar-refractivity contribution is -0.137. The number of hydrogen-bond donors (Lipinski definition) is 1. The minimum Gasteiger partial charge on any atom is -0.346 e. The van der Waals surface area contributed by atoms with Gasteiger partial charge >= 0.3 is 18.2 Å². The average molecular weight is 563 g/mol. The van der Waals surface area contributed by atoms with Crippen molar-refractivity contribution in [2.24, 2.45) is 7.05 Å². The van der Waals surface area contributed by atoms with Crippen molar-refractivity contribution < 1.29 is 27.6 Å². The van der Waals surface area contributed by atoms with Crippen LogP contribution in [0.1, 0.15) is 28.5 Å². The fourth-order valence-corrected chi connectivity index (χ4v) is 4.58.